The molecule has 3 aliphatic heterocycles. The molecular formula is C27H36F3N3O5. The van der Waals surface area contributed by atoms with E-state index in [-0.39, 0.29) is 37.0 Å². The molecule has 3 fully saturated rings. The van der Waals surface area contributed by atoms with Crippen LogP contribution in [-0.4, -0.2) is 86.4 Å². The lowest BCUT2D eigenvalue weighted by Gasteiger charge is -2.37. The van der Waals surface area contributed by atoms with Crippen LogP contribution in [0.25, 0.3) is 0 Å². The molecule has 1 aromatic heterocycles. The molecule has 0 N–H and O–H groups in total. The number of carbonyl (C=O) groups excluding carboxylic acids is 2. The maximum Gasteiger partial charge on any atom is 0.417 e. The molecule has 11 heteroatoms. The van der Waals surface area contributed by atoms with Gasteiger partial charge in [0.05, 0.1) is 23.7 Å². The van der Waals surface area contributed by atoms with Crippen molar-refractivity contribution in [2.45, 2.75) is 50.9 Å². The Hall–Kier alpha value is -2.24. The number of aromatic nitrogens is 1. The maximum atomic E-state index is 14.2. The van der Waals surface area contributed by atoms with Gasteiger partial charge in [-0.3, -0.25) is 14.6 Å². The number of carbonyl (C=O) groups is 2. The minimum absolute atomic E-state index is 0.00247. The van der Waals surface area contributed by atoms with Crippen molar-refractivity contribution < 1.29 is 37.0 Å². The summed E-state index contributed by atoms with van der Waals surface area (Å²) in [5.41, 5.74) is -0.496. The third kappa shape index (κ3) is 5.16. The number of amides is 2. The quantitative estimate of drug-likeness (QED) is 0.553. The van der Waals surface area contributed by atoms with Crippen molar-refractivity contribution in [3.63, 3.8) is 0 Å². The van der Waals surface area contributed by atoms with E-state index in [1.165, 1.54) is 7.11 Å². The van der Waals surface area contributed by atoms with Crippen molar-refractivity contribution >= 4 is 11.8 Å². The molecule has 2 unspecified atom stereocenters. The smallest absolute Gasteiger partial charge is 0.379 e. The second-order valence-corrected chi connectivity index (χ2v) is 11.3. The Balaban J connectivity index is 1.37. The molecule has 1 saturated carbocycles. The van der Waals surface area contributed by atoms with Crippen molar-refractivity contribution in [3.05, 3.63) is 29.1 Å². The molecule has 5 rings (SSSR count). The molecule has 2 saturated heterocycles. The topological polar surface area (TPSA) is 81.2 Å². The predicted molar refractivity (Wildman–Crippen MR) is 130 cm³/mol. The van der Waals surface area contributed by atoms with Crippen LogP contribution >= 0.6 is 0 Å². The monoisotopic (exact) mass is 539 g/mol. The Morgan fingerprint density at radius 2 is 2.08 bits per heavy atom. The first-order valence-corrected chi connectivity index (χ1v) is 13.4. The molecule has 0 radical (unpaired) electrons. The van der Waals surface area contributed by atoms with Crippen LogP contribution in [0.1, 0.15) is 42.5 Å². The summed E-state index contributed by atoms with van der Waals surface area (Å²) >= 11 is 0. The third-order valence-corrected chi connectivity index (χ3v) is 9.05. The van der Waals surface area contributed by atoms with E-state index in [0.29, 0.717) is 68.8 Å². The zero-order chi connectivity index (χ0) is 27.1. The number of fused-ring (bicyclic) bond motifs is 2. The third-order valence-electron chi connectivity index (χ3n) is 9.05. The standard InChI is InChI=1S/C27H36F3N3O5/c1-36-15-24(34)33-13-21-8-17(7-18-4-6-38-14-23(18)37-2)10-26(21,16-33)25(35)32-5-3-22-19(12-32)9-20(11-31-22)27(28,29)30/h9,11,17-18,21,23H,3-8,10,12-16H2,1-2H3/t17-,18?,21+,23?,26+/m1/s1. The maximum absolute atomic E-state index is 14.2. The van der Waals surface area contributed by atoms with Crippen LogP contribution in [0.3, 0.4) is 0 Å². The highest BCUT2D eigenvalue weighted by Gasteiger charge is 2.59. The van der Waals surface area contributed by atoms with Gasteiger partial charge < -0.3 is 24.0 Å². The van der Waals surface area contributed by atoms with Crippen molar-refractivity contribution in [1.82, 2.24) is 14.8 Å². The number of pyridine rings is 1. The van der Waals surface area contributed by atoms with Crippen LogP contribution in [0.15, 0.2) is 12.3 Å². The summed E-state index contributed by atoms with van der Waals surface area (Å²) in [6.07, 6.45) is 0.155. The van der Waals surface area contributed by atoms with Gasteiger partial charge in [-0.25, -0.2) is 0 Å². The van der Waals surface area contributed by atoms with Crippen LogP contribution in [0.2, 0.25) is 0 Å². The number of halogens is 3. The lowest BCUT2D eigenvalue weighted by Crippen LogP contribution is -2.49. The van der Waals surface area contributed by atoms with E-state index < -0.39 is 17.2 Å². The average molecular weight is 540 g/mol. The predicted octanol–water partition coefficient (Wildman–Crippen LogP) is 2.93. The van der Waals surface area contributed by atoms with E-state index >= 15 is 0 Å². The van der Waals surface area contributed by atoms with Crippen molar-refractivity contribution in [3.8, 4) is 0 Å². The van der Waals surface area contributed by atoms with E-state index in [1.807, 2.05) is 0 Å². The second kappa shape index (κ2) is 10.7. The molecule has 4 aliphatic rings. The molecule has 0 bridgehead atoms. The number of methoxy groups -OCH3 is 2. The summed E-state index contributed by atoms with van der Waals surface area (Å²) in [7, 11) is 3.17. The normalized spacial score (nSPS) is 31.3. The summed E-state index contributed by atoms with van der Waals surface area (Å²) in [5, 5.41) is 0. The van der Waals surface area contributed by atoms with Crippen LogP contribution in [-0.2, 0) is 42.9 Å². The van der Waals surface area contributed by atoms with Gasteiger partial charge in [-0.1, -0.05) is 0 Å². The highest BCUT2D eigenvalue weighted by molar-refractivity contribution is 5.87. The number of ether oxygens (including phenoxy) is 3. The zero-order valence-electron chi connectivity index (χ0n) is 22.0. The Kier molecular flexibility index (Phi) is 7.72. The first kappa shape index (κ1) is 27.3. The molecule has 1 aliphatic carbocycles. The molecule has 5 atom stereocenters. The Labute approximate surface area is 220 Å². The van der Waals surface area contributed by atoms with Gasteiger partial charge in [0.25, 0.3) is 0 Å². The Morgan fingerprint density at radius 3 is 2.82 bits per heavy atom. The summed E-state index contributed by atoms with van der Waals surface area (Å²) in [4.78, 5) is 34.4. The lowest BCUT2D eigenvalue weighted by molar-refractivity contribution is -0.144. The lowest BCUT2D eigenvalue weighted by atomic mass is 9.78. The van der Waals surface area contributed by atoms with E-state index in [0.717, 1.165) is 31.5 Å². The first-order valence-electron chi connectivity index (χ1n) is 13.4. The molecular weight excluding hydrogens is 503 g/mol. The first-order chi connectivity index (χ1) is 18.1. The number of hydrogen-bond acceptors (Lipinski definition) is 6. The van der Waals surface area contributed by atoms with Crippen LogP contribution in [0.4, 0.5) is 13.2 Å². The van der Waals surface area contributed by atoms with Crippen molar-refractivity contribution in [1.29, 1.82) is 0 Å². The molecule has 210 valence electrons. The van der Waals surface area contributed by atoms with Gasteiger partial charge in [0.15, 0.2) is 0 Å². The van der Waals surface area contributed by atoms with Gasteiger partial charge in [-0.05, 0) is 55.1 Å². The summed E-state index contributed by atoms with van der Waals surface area (Å²) in [6.45, 7) is 2.55. The van der Waals surface area contributed by atoms with Gasteiger partial charge in [0.1, 0.15) is 6.61 Å². The number of likely N-dealkylation sites (tertiary alicyclic amines) is 1. The fourth-order valence-electron chi connectivity index (χ4n) is 7.20. The average Bonchev–Trinajstić information content (AvgIpc) is 3.42. The van der Waals surface area contributed by atoms with Gasteiger partial charge in [-0.2, -0.15) is 13.2 Å². The van der Waals surface area contributed by atoms with E-state index in [9.17, 15) is 22.8 Å². The number of rotatable bonds is 6. The fraction of sp³-hybridized carbons (Fsp3) is 0.741. The number of hydrogen-bond donors (Lipinski definition) is 0. The number of alkyl halides is 3. The molecule has 4 heterocycles. The molecule has 0 spiro atoms. The Morgan fingerprint density at radius 1 is 1.26 bits per heavy atom. The van der Waals surface area contributed by atoms with E-state index in [2.05, 4.69) is 4.98 Å². The van der Waals surface area contributed by atoms with Gasteiger partial charge in [-0.15, -0.1) is 0 Å². The van der Waals surface area contributed by atoms with Gasteiger partial charge in [0.2, 0.25) is 11.8 Å². The van der Waals surface area contributed by atoms with E-state index in [4.69, 9.17) is 14.2 Å². The molecule has 1 aromatic rings. The minimum atomic E-state index is -4.49. The summed E-state index contributed by atoms with van der Waals surface area (Å²) in [6, 6.07) is 1.12. The molecule has 0 aromatic carbocycles. The SMILES string of the molecule is COCC(=O)N1C[C@@H]2C[C@@H](CC3CCOCC3OC)C[C@]2(C(=O)N2CCc3ncc(C(F)(F)F)cc3C2)C1. The highest BCUT2D eigenvalue weighted by atomic mass is 19.4. The van der Waals surface area contributed by atoms with Crippen LogP contribution < -0.4 is 0 Å². The van der Waals surface area contributed by atoms with Crippen LogP contribution in [0.5, 0.6) is 0 Å². The fourth-order valence-corrected chi connectivity index (χ4v) is 7.20. The van der Waals surface area contributed by atoms with Crippen LogP contribution in [0, 0.1) is 23.2 Å². The van der Waals surface area contributed by atoms with Crippen molar-refractivity contribution in [2.75, 3.05) is 53.7 Å². The molecule has 8 nitrogen and oxygen atoms in total. The molecule has 38 heavy (non-hydrogen) atoms. The minimum Gasteiger partial charge on any atom is -0.379 e. The van der Waals surface area contributed by atoms with Gasteiger partial charge >= 0.3 is 6.18 Å². The highest BCUT2D eigenvalue weighted by Crippen LogP contribution is 2.54. The van der Waals surface area contributed by atoms with E-state index in [1.54, 1.807) is 16.9 Å². The largest absolute Gasteiger partial charge is 0.417 e. The van der Waals surface area contributed by atoms with Crippen molar-refractivity contribution in [2.24, 2.45) is 23.2 Å². The second-order valence-electron chi connectivity index (χ2n) is 11.3. The molecule has 2 amide bonds. The summed E-state index contributed by atoms with van der Waals surface area (Å²) in [5.74, 6) is 0.459. The zero-order valence-corrected chi connectivity index (χ0v) is 22.0. The number of nitrogens with zero attached hydrogens (tertiary/aromatic N) is 3. The summed E-state index contributed by atoms with van der Waals surface area (Å²) < 4.78 is 56.3. The Bertz CT molecular complexity index is 1050. The van der Waals surface area contributed by atoms with Gasteiger partial charge in [0, 0.05) is 65.3 Å².